The zero-order valence-electron chi connectivity index (χ0n) is 40.7. The molecule has 0 heterocycles. The molecule has 2 atom stereocenters. The maximum absolute atomic E-state index is 12.8. The molecule has 0 aromatic carbocycles. The Labute approximate surface area is 385 Å². The molecular weight excluding hydrogens is 791 g/mol. The van der Waals surface area contributed by atoms with Gasteiger partial charge in [-0.1, -0.05) is 163 Å². The van der Waals surface area contributed by atoms with Gasteiger partial charge in [0.05, 0.1) is 34.4 Å². The Balaban J connectivity index is 4.44. The van der Waals surface area contributed by atoms with Crippen molar-refractivity contribution in [1.82, 2.24) is 0 Å². The largest absolute Gasteiger partial charge is 0.477 e. The minimum Gasteiger partial charge on any atom is -0.477 e. The summed E-state index contributed by atoms with van der Waals surface area (Å²) >= 11 is 0. The molecule has 9 heteroatoms. The van der Waals surface area contributed by atoms with Crippen LogP contribution in [0.4, 0.5) is 0 Å². The zero-order chi connectivity index (χ0) is 46.3. The second-order valence-corrected chi connectivity index (χ2v) is 17.4. The van der Waals surface area contributed by atoms with Crippen LogP contribution in [0.25, 0.3) is 0 Å². The van der Waals surface area contributed by atoms with Gasteiger partial charge in [0.25, 0.3) is 6.29 Å². The summed E-state index contributed by atoms with van der Waals surface area (Å²) in [4.78, 5) is 37.3. The molecule has 0 rings (SSSR count). The van der Waals surface area contributed by atoms with E-state index in [1.165, 1.54) is 38.5 Å². The van der Waals surface area contributed by atoms with Crippen LogP contribution in [-0.2, 0) is 33.3 Å². The van der Waals surface area contributed by atoms with Gasteiger partial charge in [-0.05, 0) is 89.9 Å². The third-order valence-electron chi connectivity index (χ3n) is 10.1. The Morgan fingerprint density at radius 1 is 0.492 bits per heavy atom. The number of nitrogens with zero attached hydrogens (tertiary/aromatic N) is 1. The number of aliphatic carboxylic acids is 1. The summed E-state index contributed by atoms with van der Waals surface area (Å²) in [7, 11) is 5.94. The van der Waals surface area contributed by atoms with Crippen LogP contribution < -0.4 is 0 Å². The Kier molecular flexibility index (Phi) is 42.5. The Bertz CT molecular complexity index is 1300. The summed E-state index contributed by atoms with van der Waals surface area (Å²) < 4.78 is 22.8. The Hall–Kier alpha value is -3.53. The topological polar surface area (TPSA) is 108 Å². The fourth-order valence-corrected chi connectivity index (χ4v) is 6.30. The third-order valence-corrected chi connectivity index (χ3v) is 10.1. The van der Waals surface area contributed by atoms with E-state index in [-0.39, 0.29) is 38.6 Å². The highest BCUT2D eigenvalue weighted by molar-refractivity contribution is 5.71. The molecule has 0 aromatic rings. The normalized spacial score (nSPS) is 13.6. The van der Waals surface area contributed by atoms with E-state index < -0.39 is 24.3 Å². The molecule has 2 unspecified atom stereocenters. The third kappa shape index (κ3) is 46.3. The molecule has 63 heavy (non-hydrogen) atoms. The Morgan fingerprint density at radius 2 is 0.905 bits per heavy atom. The number of esters is 2. The quantitative estimate of drug-likeness (QED) is 0.0212. The summed E-state index contributed by atoms with van der Waals surface area (Å²) in [6, 6.07) is 0. The molecule has 9 nitrogen and oxygen atoms in total. The molecule has 0 bridgehead atoms. The number of carboxylic acids is 1. The number of likely N-dealkylation sites (N-methyl/N-ethyl adjacent to an activating group) is 1. The smallest absolute Gasteiger partial charge is 0.361 e. The number of unbranched alkanes of at least 4 members (excludes halogenated alkanes) is 15. The maximum Gasteiger partial charge on any atom is 0.361 e. The minimum absolute atomic E-state index is 0.178. The lowest BCUT2D eigenvalue weighted by Gasteiger charge is -2.25. The van der Waals surface area contributed by atoms with Crippen LogP contribution >= 0.6 is 0 Å². The van der Waals surface area contributed by atoms with Crippen LogP contribution in [0.2, 0.25) is 0 Å². The van der Waals surface area contributed by atoms with Gasteiger partial charge in [-0.3, -0.25) is 9.59 Å². The number of quaternary nitrogens is 1. The zero-order valence-corrected chi connectivity index (χ0v) is 40.7. The van der Waals surface area contributed by atoms with Gasteiger partial charge in [0.2, 0.25) is 0 Å². The molecule has 1 N–H and O–H groups in total. The van der Waals surface area contributed by atoms with Crippen LogP contribution in [0.15, 0.2) is 85.1 Å². The van der Waals surface area contributed by atoms with Gasteiger partial charge in [-0.2, -0.15) is 0 Å². The lowest BCUT2D eigenvalue weighted by atomic mass is 10.1. The molecule has 0 aliphatic carbocycles. The number of carboxylic acid groups (broad SMARTS) is 1. The molecule has 0 saturated heterocycles. The van der Waals surface area contributed by atoms with E-state index in [1.54, 1.807) is 0 Å². The first-order valence-electron chi connectivity index (χ1n) is 24.8. The molecule has 0 spiro atoms. The van der Waals surface area contributed by atoms with E-state index in [2.05, 4.69) is 98.9 Å². The minimum atomic E-state index is -1.52. The van der Waals surface area contributed by atoms with Gasteiger partial charge in [-0.15, -0.1) is 0 Å². The first-order chi connectivity index (χ1) is 30.6. The molecule has 0 aromatic heterocycles. The monoisotopic (exact) mass is 883 g/mol. The predicted molar refractivity (Wildman–Crippen MR) is 262 cm³/mol. The van der Waals surface area contributed by atoms with E-state index in [9.17, 15) is 19.5 Å². The fourth-order valence-electron chi connectivity index (χ4n) is 6.30. The number of carbonyl (C=O) groups excluding carboxylic acids is 2. The molecule has 0 saturated carbocycles. The summed E-state index contributed by atoms with van der Waals surface area (Å²) in [5.41, 5.74) is 0. The number of carbonyl (C=O) groups is 3. The molecule has 0 amide bonds. The van der Waals surface area contributed by atoms with Gasteiger partial charge >= 0.3 is 17.9 Å². The van der Waals surface area contributed by atoms with Crippen molar-refractivity contribution in [3.05, 3.63) is 85.1 Å². The van der Waals surface area contributed by atoms with Crippen molar-refractivity contribution in [3.63, 3.8) is 0 Å². The van der Waals surface area contributed by atoms with Gasteiger partial charge in [0, 0.05) is 12.8 Å². The summed E-state index contributed by atoms with van der Waals surface area (Å²) in [6.45, 7) is 4.68. The van der Waals surface area contributed by atoms with E-state index in [0.717, 1.165) is 109 Å². The Morgan fingerprint density at radius 3 is 1.35 bits per heavy atom. The molecule has 360 valence electrons. The first-order valence-corrected chi connectivity index (χ1v) is 24.8. The average molecular weight is 883 g/mol. The van der Waals surface area contributed by atoms with Gasteiger partial charge in [0.1, 0.15) is 13.2 Å². The van der Waals surface area contributed by atoms with Crippen molar-refractivity contribution in [1.29, 1.82) is 0 Å². The van der Waals surface area contributed by atoms with Gasteiger partial charge in [0.15, 0.2) is 6.10 Å². The second kappa shape index (κ2) is 45.1. The van der Waals surface area contributed by atoms with Gasteiger partial charge in [-0.25, -0.2) is 4.79 Å². The van der Waals surface area contributed by atoms with Crippen LogP contribution in [0.5, 0.6) is 0 Å². The van der Waals surface area contributed by atoms with Crippen molar-refractivity contribution in [2.24, 2.45) is 0 Å². The lowest BCUT2D eigenvalue weighted by molar-refractivity contribution is -0.870. The number of rotatable bonds is 44. The number of hydrogen-bond acceptors (Lipinski definition) is 7. The highest BCUT2D eigenvalue weighted by Gasteiger charge is 2.25. The van der Waals surface area contributed by atoms with Crippen molar-refractivity contribution >= 4 is 17.9 Å². The van der Waals surface area contributed by atoms with Crippen molar-refractivity contribution in [2.75, 3.05) is 47.5 Å². The molecular formula is C54H92NO8+. The van der Waals surface area contributed by atoms with Crippen LogP contribution in [0.1, 0.15) is 181 Å². The number of ether oxygens (including phenoxy) is 4. The van der Waals surface area contributed by atoms with Crippen LogP contribution in [0.3, 0.4) is 0 Å². The standard InChI is InChI=1S/C54H91NO8/c1-6-8-10-12-14-16-18-20-22-24-26-28-30-32-34-36-38-40-42-44-51(56)61-48-50(49-62-54(53(58)59)60-47-46-55(3,4)5)63-52(57)45-43-41-39-37-35-33-31-29-27-25-23-21-19-17-15-13-11-9-7-2/h9,11,14-17,20-23,26-29,50,54H,6-8,10,12-13,18-19,24-25,30-49H2,1-5H3/p+1/b11-9-,16-14-,17-15-,22-20-,23-21-,28-26-,29-27-. The highest BCUT2D eigenvalue weighted by atomic mass is 16.7. The first kappa shape index (κ1) is 59.5. The van der Waals surface area contributed by atoms with Crippen molar-refractivity contribution in [2.45, 2.75) is 193 Å². The molecule has 0 radical (unpaired) electrons. The number of hydrogen-bond donors (Lipinski definition) is 1. The highest BCUT2D eigenvalue weighted by Crippen LogP contribution is 2.13. The molecule has 0 aliphatic rings. The van der Waals surface area contributed by atoms with E-state index >= 15 is 0 Å². The summed E-state index contributed by atoms with van der Waals surface area (Å²) in [6.07, 6.45) is 54.9. The lowest BCUT2D eigenvalue weighted by Crippen LogP contribution is -2.40. The van der Waals surface area contributed by atoms with Crippen molar-refractivity contribution < 1.29 is 42.9 Å². The maximum atomic E-state index is 12.8. The fraction of sp³-hybridized carbons (Fsp3) is 0.685. The second-order valence-electron chi connectivity index (χ2n) is 17.4. The van der Waals surface area contributed by atoms with Crippen LogP contribution in [0, 0.1) is 0 Å². The number of allylic oxidation sites excluding steroid dienone is 14. The average Bonchev–Trinajstić information content (AvgIpc) is 3.24. The van der Waals surface area contributed by atoms with Crippen LogP contribution in [-0.4, -0.2) is 87.4 Å². The SMILES string of the molecule is CC/C=C\C/C=C\C/C=C\C/C=C\CCCCCCCCC(=O)OC(COC(=O)CCCCCCCC/C=C\C/C=C\C/C=C\CCCCC)COC(OCC[N+](C)(C)C)C(=O)O. The van der Waals surface area contributed by atoms with E-state index in [1.807, 2.05) is 21.1 Å². The predicted octanol–water partition coefficient (Wildman–Crippen LogP) is 13.7. The van der Waals surface area contributed by atoms with E-state index in [0.29, 0.717) is 17.4 Å². The summed E-state index contributed by atoms with van der Waals surface area (Å²) in [5.74, 6) is -2.05. The van der Waals surface area contributed by atoms with E-state index in [4.69, 9.17) is 18.9 Å². The van der Waals surface area contributed by atoms with Crippen molar-refractivity contribution in [3.8, 4) is 0 Å². The summed E-state index contributed by atoms with van der Waals surface area (Å²) in [5, 5.41) is 9.66. The molecule has 0 aliphatic heterocycles. The van der Waals surface area contributed by atoms with Gasteiger partial charge < -0.3 is 28.5 Å². The molecule has 0 fully saturated rings.